The number of nitrogens with one attached hydrogen (secondary N) is 1. The third-order valence-electron chi connectivity index (χ3n) is 6.76. The Labute approximate surface area is 178 Å². The fraction of sp³-hybridized carbons (Fsp3) is 0.480. The molecular weight excluding hydrogens is 379 g/mol. The van der Waals surface area contributed by atoms with Gasteiger partial charge in [0.15, 0.2) is 0 Å². The zero-order valence-electron chi connectivity index (χ0n) is 17.5. The van der Waals surface area contributed by atoms with Crippen molar-refractivity contribution in [2.45, 2.75) is 44.4 Å². The van der Waals surface area contributed by atoms with Crippen molar-refractivity contribution < 1.29 is 13.9 Å². The van der Waals surface area contributed by atoms with Crippen LogP contribution in [-0.4, -0.2) is 37.2 Å². The highest BCUT2D eigenvalue weighted by molar-refractivity contribution is 5.84. The van der Waals surface area contributed by atoms with Crippen molar-refractivity contribution in [2.24, 2.45) is 5.41 Å². The molecule has 4 nitrogen and oxygen atoms in total. The maximum absolute atomic E-state index is 13.2. The van der Waals surface area contributed by atoms with E-state index in [0.29, 0.717) is 17.7 Å². The lowest BCUT2D eigenvalue weighted by Gasteiger charge is -2.37. The highest BCUT2D eigenvalue weighted by Gasteiger charge is 2.40. The number of carbonyl (C=O) groups is 1. The van der Waals surface area contributed by atoms with Gasteiger partial charge in [0, 0.05) is 18.8 Å². The molecule has 0 bridgehead atoms. The van der Waals surface area contributed by atoms with Gasteiger partial charge in [0.25, 0.3) is 0 Å². The van der Waals surface area contributed by atoms with Gasteiger partial charge in [-0.05, 0) is 80.2 Å². The van der Waals surface area contributed by atoms with Crippen LogP contribution in [0.4, 0.5) is 14.9 Å². The lowest BCUT2D eigenvalue weighted by atomic mass is 9.68. The van der Waals surface area contributed by atoms with Crippen molar-refractivity contribution in [3.63, 3.8) is 0 Å². The Bertz CT molecular complexity index is 834. The molecule has 1 aliphatic carbocycles. The summed E-state index contributed by atoms with van der Waals surface area (Å²) in [6.07, 6.45) is 6.79. The number of ether oxygens (including phenoxy) is 1. The number of amides is 1. The van der Waals surface area contributed by atoms with E-state index >= 15 is 0 Å². The molecule has 160 valence electrons. The van der Waals surface area contributed by atoms with Crippen LogP contribution in [0.15, 0.2) is 54.6 Å². The van der Waals surface area contributed by atoms with Crippen LogP contribution in [0, 0.1) is 11.2 Å². The van der Waals surface area contributed by atoms with E-state index in [9.17, 15) is 9.18 Å². The van der Waals surface area contributed by atoms with E-state index in [-0.39, 0.29) is 5.82 Å². The van der Waals surface area contributed by atoms with Crippen molar-refractivity contribution in [2.75, 3.05) is 31.6 Å². The molecule has 2 aliphatic rings. The molecule has 1 N–H and O–H groups in total. The molecule has 2 aromatic rings. The zero-order valence-corrected chi connectivity index (χ0v) is 17.5. The predicted molar refractivity (Wildman–Crippen MR) is 117 cm³/mol. The normalized spacial score (nSPS) is 24.1. The third-order valence-corrected chi connectivity index (χ3v) is 6.76. The molecular formula is C25H31FN2O2. The third kappa shape index (κ3) is 5.39. The summed E-state index contributed by atoms with van der Waals surface area (Å²) in [7, 11) is 0. The van der Waals surface area contributed by atoms with Gasteiger partial charge in [0.05, 0.1) is 6.61 Å². The molecule has 0 radical (unpaired) electrons. The lowest BCUT2D eigenvalue weighted by molar-refractivity contribution is 0.147. The fourth-order valence-electron chi connectivity index (χ4n) is 5.09. The number of hydrogen-bond donors (Lipinski definition) is 1. The van der Waals surface area contributed by atoms with Crippen LogP contribution in [0.2, 0.25) is 0 Å². The minimum absolute atomic E-state index is 0.376. The highest BCUT2D eigenvalue weighted by Crippen LogP contribution is 2.48. The molecule has 2 fully saturated rings. The first-order chi connectivity index (χ1) is 14.6. The second-order valence-corrected chi connectivity index (χ2v) is 8.84. The molecule has 30 heavy (non-hydrogen) atoms. The summed E-state index contributed by atoms with van der Waals surface area (Å²) in [6, 6.07) is 16.8. The second-order valence-electron chi connectivity index (χ2n) is 8.84. The van der Waals surface area contributed by atoms with Gasteiger partial charge in [-0.1, -0.05) is 36.4 Å². The van der Waals surface area contributed by atoms with E-state index < -0.39 is 6.09 Å². The molecule has 5 heteroatoms. The van der Waals surface area contributed by atoms with Crippen LogP contribution < -0.4 is 5.32 Å². The molecule has 1 amide bonds. The standard InChI is InChI=1S/C25H31FN2O2/c26-22-8-4-9-23(18-22)27-24(29)30-17-5-15-28-16-14-25(19-28)12-10-21(11-13-25)20-6-2-1-3-7-20/h1-4,6-9,18,21H,5,10-17,19H2,(H,27,29). The minimum atomic E-state index is -0.530. The number of likely N-dealkylation sites (tertiary alicyclic amines) is 1. The molecule has 0 unspecified atom stereocenters. The Morgan fingerprint density at radius 2 is 1.90 bits per heavy atom. The first-order valence-corrected chi connectivity index (χ1v) is 11.1. The van der Waals surface area contributed by atoms with Gasteiger partial charge in [0.2, 0.25) is 0 Å². The Balaban J connectivity index is 1.14. The number of hydrogen-bond acceptors (Lipinski definition) is 3. The largest absolute Gasteiger partial charge is 0.449 e. The Kier molecular flexibility index (Phi) is 6.68. The Morgan fingerprint density at radius 1 is 1.10 bits per heavy atom. The average Bonchev–Trinajstić information content (AvgIpc) is 3.15. The predicted octanol–water partition coefficient (Wildman–Crippen LogP) is 5.81. The van der Waals surface area contributed by atoms with Crippen molar-refractivity contribution in [1.82, 2.24) is 4.90 Å². The average molecular weight is 411 g/mol. The van der Waals surface area contributed by atoms with E-state index in [4.69, 9.17) is 4.74 Å². The van der Waals surface area contributed by atoms with Gasteiger partial charge in [-0.15, -0.1) is 0 Å². The molecule has 1 heterocycles. The summed E-state index contributed by atoms with van der Waals surface area (Å²) in [5.74, 6) is 0.337. The van der Waals surface area contributed by atoms with Crippen LogP contribution in [0.5, 0.6) is 0 Å². The van der Waals surface area contributed by atoms with E-state index in [1.165, 1.54) is 56.3 Å². The van der Waals surface area contributed by atoms with Crippen molar-refractivity contribution in [3.05, 3.63) is 66.0 Å². The summed E-state index contributed by atoms with van der Waals surface area (Å²) < 4.78 is 18.4. The van der Waals surface area contributed by atoms with Crippen molar-refractivity contribution in [1.29, 1.82) is 0 Å². The Morgan fingerprint density at radius 3 is 2.67 bits per heavy atom. The highest BCUT2D eigenvalue weighted by atomic mass is 19.1. The number of rotatable bonds is 6. The quantitative estimate of drug-likeness (QED) is 0.611. The van der Waals surface area contributed by atoms with Crippen LogP contribution in [0.3, 0.4) is 0 Å². The maximum atomic E-state index is 13.2. The first-order valence-electron chi connectivity index (χ1n) is 11.1. The molecule has 4 rings (SSSR count). The number of anilines is 1. The molecule has 0 atom stereocenters. The van der Waals surface area contributed by atoms with Crippen LogP contribution in [0.1, 0.15) is 50.0 Å². The van der Waals surface area contributed by atoms with Gasteiger partial charge in [-0.2, -0.15) is 0 Å². The van der Waals surface area contributed by atoms with E-state index in [1.54, 1.807) is 12.1 Å². The van der Waals surface area contributed by atoms with Gasteiger partial charge < -0.3 is 9.64 Å². The summed E-state index contributed by atoms with van der Waals surface area (Å²) in [4.78, 5) is 14.4. The molecule has 1 spiro atoms. The number of halogens is 1. The molecule has 0 aromatic heterocycles. The summed E-state index contributed by atoms with van der Waals surface area (Å²) in [5, 5.41) is 2.56. The smallest absolute Gasteiger partial charge is 0.411 e. The van der Waals surface area contributed by atoms with Crippen LogP contribution in [0.25, 0.3) is 0 Å². The lowest BCUT2D eigenvalue weighted by Crippen LogP contribution is -2.31. The molecule has 1 saturated carbocycles. The van der Waals surface area contributed by atoms with Gasteiger partial charge in [0.1, 0.15) is 5.82 Å². The number of benzene rings is 2. The van der Waals surface area contributed by atoms with Crippen LogP contribution in [-0.2, 0) is 4.74 Å². The van der Waals surface area contributed by atoms with E-state index in [2.05, 4.69) is 40.5 Å². The topological polar surface area (TPSA) is 41.6 Å². The monoisotopic (exact) mass is 410 g/mol. The second kappa shape index (κ2) is 9.61. The van der Waals surface area contributed by atoms with Gasteiger partial charge >= 0.3 is 6.09 Å². The summed E-state index contributed by atoms with van der Waals surface area (Å²) in [5.41, 5.74) is 2.39. The summed E-state index contributed by atoms with van der Waals surface area (Å²) in [6.45, 7) is 3.65. The van der Waals surface area contributed by atoms with E-state index in [1.807, 2.05) is 0 Å². The SMILES string of the molecule is O=C(Nc1cccc(F)c1)OCCCN1CCC2(CCC(c3ccccc3)CC2)C1. The Hall–Kier alpha value is -2.40. The number of nitrogens with zero attached hydrogens (tertiary/aromatic N) is 1. The van der Waals surface area contributed by atoms with Crippen molar-refractivity contribution in [3.8, 4) is 0 Å². The maximum Gasteiger partial charge on any atom is 0.411 e. The first kappa shape index (κ1) is 20.9. The summed E-state index contributed by atoms with van der Waals surface area (Å²) >= 11 is 0. The molecule has 2 aromatic carbocycles. The van der Waals surface area contributed by atoms with Crippen LogP contribution >= 0.6 is 0 Å². The number of carbonyl (C=O) groups excluding carboxylic acids is 1. The van der Waals surface area contributed by atoms with E-state index in [0.717, 1.165) is 25.4 Å². The van der Waals surface area contributed by atoms with Crippen molar-refractivity contribution >= 4 is 11.8 Å². The van der Waals surface area contributed by atoms with Gasteiger partial charge in [-0.3, -0.25) is 5.32 Å². The molecule has 1 aliphatic heterocycles. The molecule has 1 saturated heterocycles. The van der Waals surface area contributed by atoms with Gasteiger partial charge in [-0.25, -0.2) is 9.18 Å². The minimum Gasteiger partial charge on any atom is -0.449 e. The zero-order chi connectivity index (χ0) is 20.8. The fourth-order valence-corrected chi connectivity index (χ4v) is 5.09.